The second-order valence-corrected chi connectivity index (χ2v) is 6.08. The van der Waals surface area contributed by atoms with Gasteiger partial charge in [0.2, 0.25) is 0 Å². The van der Waals surface area contributed by atoms with Gasteiger partial charge in [-0.3, -0.25) is 4.79 Å². The highest BCUT2D eigenvalue weighted by molar-refractivity contribution is 9.10. The Balaban J connectivity index is 1.91. The number of carbonyl (C=O) groups excluding carboxylic acids is 1. The fourth-order valence-corrected chi connectivity index (χ4v) is 2.41. The maximum Gasteiger partial charge on any atom is 0.277 e. The van der Waals surface area contributed by atoms with Crippen LogP contribution in [-0.2, 0) is 4.79 Å². The van der Waals surface area contributed by atoms with Crippen LogP contribution in [0.5, 0.6) is 11.5 Å². The van der Waals surface area contributed by atoms with E-state index in [1.807, 2.05) is 50.2 Å². The van der Waals surface area contributed by atoms with E-state index in [0.717, 1.165) is 21.2 Å². The maximum atomic E-state index is 11.8. The number of rotatable bonds is 6. The molecule has 24 heavy (non-hydrogen) atoms. The van der Waals surface area contributed by atoms with E-state index in [1.54, 1.807) is 7.11 Å². The minimum absolute atomic E-state index is 0.0999. The molecule has 0 saturated carbocycles. The summed E-state index contributed by atoms with van der Waals surface area (Å²) in [6.45, 7) is 3.86. The van der Waals surface area contributed by atoms with E-state index >= 15 is 0 Å². The highest BCUT2D eigenvalue weighted by Crippen LogP contribution is 2.21. The number of methoxy groups -OCH3 is 1. The Morgan fingerprint density at radius 1 is 1.25 bits per heavy atom. The van der Waals surface area contributed by atoms with Gasteiger partial charge in [-0.2, -0.15) is 5.10 Å². The summed E-state index contributed by atoms with van der Waals surface area (Å²) in [5.74, 6) is 1.03. The first-order valence-electron chi connectivity index (χ1n) is 7.35. The quantitative estimate of drug-likeness (QED) is 0.605. The Bertz CT molecular complexity index is 760. The molecule has 2 aromatic carbocycles. The molecule has 0 bridgehead atoms. The lowest BCUT2D eigenvalue weighted by atomic mass is 10.1. The zero-order valence-corrected chi connectivity index (χ0v) is 15.4. The standard InChI is InChI=1S/C18H19BrN2O3/c1-12-5-4-6-16(13(12)2)24-11-18(22)21-20-10-14-9-15(19)7-8-17(14)23-3/h4-10H,11H2,1-3H3,(H,21,22). The number of aryl methyl sites for hydroxylation is 1. The van der Waals surface area contributed by atoms with Crippen molar-refractivity contribution >= 4 is 28.1 Å². The van der Waals surface area contributed by atoms with Crippen molar-refractivity contribution in [2.24, 2.45) is 5.10 Å². The third-order valence-electron chi connectivity index (χ3n) is 3.50. The fraction of sp³-hybridized carbons (Fsp3) is 0.222. The van der Waals surface area contributed by atoms with Crippen LogP contribution in [0.2, 0.25) is 0 Å². The molecule has 0 atom stereocenters. The van der Waals surface area contributed by atoms with Crippen LogP contribution >= 0.6 is 15.9 Å². The van der Waals surface area contributed by atoms with Gasteiger partial charge < -0.3 is 9.47 Å². The monoisotopic (exact) mass is 390 g/mol. The average molecular weight is 391 g/mol. The molecule has 0 aliphatic rings. The van der Waals surface area contributed by atoms with Crippen molar-refractivity contribution in [1.29, 1.82) is 0 Å². The summed E-state index contributed by atoms with van der Waals surface area (Å²) in [5, 5.41) is 3.94. The van der Waals surface area contributed by atoms with Crippen LogP contribution in [0.1, 0.15) is 16.7 Å². The van der Waals surface area contributed by atoms with E-state index in [-0.39, 0.29) is 12.5 Å². The van der Waals surface area contributed by atoms with Gasteiger partial charge in [-0.25, -0.2) is 5.43 Å². The number of hydrogen-bond acceptors (Lipinski definition) is 4. The number of benzene rings is 2. The molecule has 126 valence electrons. The number of amides is 1. The Hall–Kier alpha value is -2.34. The number of ether oxygens (including phenoxy) is 2. The zero-order valence-electron chi connectivity index (χ0n) is 13.8. The second-order valence-electron chi connectivity index (χ2n) is 5.17. The Morgan fingerprint density at radius 2 is 2.04 bits per heavy atom. The van der Waals surface area contributed by atoms with Gasteiger partial charge in [-0.1, -0.05) is 28.1 Å². The summed E-state index contributed by atoms with van der Waals surface area (Å²) in [5.41, 5.74) is 5.33. The molecule has 0 aromatic heterocycles. The molecular formula is C18H19BrN2O3. The fourth-order valence-electron chi connectivity index (χ4n) is 2.04. The first-order chi connectivity index (χ1) is 11.5. The van der Waals surface area contributed by atoms with Crippen LogP contribution < -0.4 is 14.9 Å². The first-order valence-corrected chi connectivity index (χ1v) is 8.15. The van der Waals surface area contributed by atoms with E-state index in [2.05, 4.69) is 26.5 Å². The summed E-state index contributed by atoms with van der Waals surface area (Å²) >= 11 is 3.39. The summed E-state index contributed by atoms with van der Waals surface area (Å²) in [6.07, 6.45) is 1.53. The minimum atomic E-state index is -0.332. The van der Waals surface area contributed by atoms with Crippen LogP contribution in [0.3, 0.4) is 0 Å². The van der Waals surface area contributed by atoms with Crippen molar-refractivity contribution in [2.45, 2.75) is 13.8 Å². The van der Waals surface area contributed by atoms with Crippen LogP contribution in [0, 0.1) is 13.8 Å². The number of hydrogen-bond donors (Lipinski definition) is 1. The molecular weight excluding hydrogens is 372 g/mol. The van der Waals surface area contributed by atoms with Crippen LogP contribution in [0.15, 0.2) is 46.0 Å². The number of hydrazone groups is 1. The van der Waals surface area contributed by atoms with Gasteiger partial charge >= 0.3 is 0 Å². The SMILES string of the molecule is COc1ccc(Br)cc1C=NNC(=O)COc1cccc(C)c1C. The van der Waals surface area contributed by atoms with Crippen molar-refractivity contribution in [3.05, 3.63) is 57.6 Å². The molecule has 0 aliphatic carbocycles. The molecule has 0 unspecified atom stereocenters. The molecule has 1 amide bonds. The van der Waals surface area contributed by atoms with Gasteiger partial charge in [0, 0.05) is 10.0 Å². The molecule has 0 saturated heterocycles. The normalized spacial score (nSPS) is 10.7. The summed E-state index contributed by atoms with van der Waals surface area (Å²) in [6, 6.07) is 11.3. The van der Waals surface area contributed by atoms with Gasteiger partial charge in [-0.05, 0) is 49.2 Å². The predicted molar refractivity (Wildman–Crippen MR) is 97.8 cm³/mol. The van der Waals surface area contributed by atoms with Gasteiger partial charge in [-0.15, -0.1) is 0 Å². The third-order valence-corrected chi connectivity index (χ3v) is 3.99. The van der Waals surface area contributed by atoms with Crippen LogP contribution in [0.25, 0.3) is 0 Å². The first kappa shape index (κ1) is 18.0. The largest absolute Gasteiger partial charge is 0.496 e. The van der Waals surface area contributed by atoms with E-state index < -0.39 is 0 Å². The summed E-state index contributed by atoms with van der Waals surface area (Å²) in [4.78, 5) is 11.8. The Labute approximate surface area is 149 Å². The smallest absolute Gasteiger partial charge is 0.277 e. The number of halogens is 1. The lowest BCUT2D eigenvalue weighted by Crippen LogP contribution is -2.24. The van der Waals surface area contributed by atoms with Crippen LogP contribution in [-0.4, -0.2) is 25.8 Å². The molecule has 0 heterocycles. The van der Waals surface area contributed by atoms with Gasteiger partial charge in [0.05, 0.1) is 13.3 Å². The highest BCUT2D eigenvalue weighted by Gasteiger charge is 2.06. The lowest BCUT2D eigenvalue weighted by molar-refractivity contribution is -0.123. The van der Waals surface area contributed by atoms with Gasteiger partial charge in [0.1, 0.15) is 11.5 Å². The average Bonchev–Trinajstić information content (AvgIpc) is 2.56. The Kier molecular flexibility index (Phi) is 6.37. The molecule has 0 aliphatic heterocycles. The van der Waals surface area contributed by atoms with E-state index in [4.69, 9.17) is 9.47 Å². The van der Waals surface area contributed by atoms with Crippen molar-refractivity contribution in [3.8, 4) is 11.5 Å². The number of nitrogens with zero attached hydrogens (tertiary/aromatic N) is 1. The topological polar surface area (TPSA) is 59.9 Å². The molecule has 0 spiro atoms. The summed E-state index contributed by atoms with van der Waals surface area (Å²) < 4.78 is 11.7. The third kappa shape index (κ3) is 4.83. The van der Waals surface area contributed by atoms with Crippen molar-refractivity contribution in [3.63, 3.8) is 0 Å². The number of nitrogens with one attached hydrogen (secondary N) is 1. The molecule has 5 nitrogen and oxygen atoms in total. The highest BCUT2D eigenvalue weighted by atomic mass is 79.9. The van der Waals surface area contributed by atoms with Crippen molar-refractivity contribution in [1.82, 2.24) is 5.43 Å². The molecule has 1 N–H and O–H groups in total. The minimum Gasteiger partial charge on any atom is -0.496 e. The van der Waals surface area contributed by atoms with Gasteiger partial charge in [0.15, 0.2) is 6.61 Å². The Morgan fingerprint density at radius 3 is 2.79 bits per heavy atom. The van der Waals surface area contributed by atoms with E-state index in [1.165, 1.54) is 6.21 Å². The van der Waals surface area contributed by atoms with Crippen LogP contribution in [0.4, 0.5) is 0 Å². The second kappa shape index (κ2) is 8.49. The predicted octanol–water partition coefficient (Wildman–Crippen LogP) is 3.60. The van der Waals surface area contributed by atoms with E-state index in [0.29, 0.717) is 11.5 Å². The van der Waals surface area contributed by atoms with Crippen molar-refractivity contribution < 1.29 is 14.3 Å². The number of carbonyl (C=O) groups is 1. The van der Waals surface area contributed by atoms with E-state index in [9.17, 15) is 4.79 Å². The molecule has 2 rings (SSSR count). The zero-order chi connectivity index (χ0) is 17.5. The molecule has 0 fully saturated rings. The molecule has 2 aromatic rings. The maximum absolute atomic E-state index is 11.8. The molecule has 6 heteroatoms. The van der Waals surface area contributed by atoms with Crippen molar-refractivity contribution in [2.75, 3.05) is 13.7 Å². The lowest BCUT2D eigenvalue weighted by Gasteiger charge is -2.09. The van der Waals surface area contributed by atoms with Gasteiger partial charge in [0.25, 0.3) is 5.91 Å². The molecule has 0 radical (unpaired) electrons. The summed E-state index contributed by atoms with van der Waals surface area (Å²) in [7, 11) is 1.58.